The normalized spacial score (nSPS) is 15.4. The maximum Gasteiger partial charge on any atom is 0.322 e. The summed E-state index contributed by atoms with van der Waals surface area (Å²) in [6.07, 6.45) is 5.82. The molecular formula is C21H24N2O2. The SMILES string of the molecule is O=C(NCCOc1ccc2c(c1)CCCC2)N1CCc2ccccc21. The quantitative estimate of drug-likeness (QED) is 0.865. The summed E-state index contributed by atoms with van der Waals surface area (Å²) in [6.45, 7) is 1.74. The maximum atomic E-state index is 12.4. The standard InChI is InChI=1S/C21H24N2O2/c24-21(23-13-11-17-6-3-4-8-20(17)23)22-12-14-25-19-10-9-16-5-1-2-7-18(16)15-19/h3-4,6,8-10,15H,1-2,5,7,11-14H2,(H,22,24). The van der Waals surface area contributed by atoms with Gasteiger partial charge in [-0.25, -0.2) is 4.79 Å². The largest absolute Gasteiger partial charge is 0.492 e. The van der Waals surface area contributed by atoms with Crippen LogP contribution in [0.2, 0.25) is 0 Å². The van der Waals surface area contributed by atoms with E-state index in [0.717, 1.165) is 30.8 Å². The second-order valence-electron chi connectivity index (χ2n) is 6.75. The van der Waals surface area contributed by atoms with Crippen molar-refractivity contribution in [2.24, 2.45) is 0 Å². The number of rotatable bonds is 4. The molecule has 25 heavy (non-hydrogen) atoms. The van der Waals surface area contributed by atoms with Crippen LogP contribution in [0.4, 0.5) is 10.5 Å². The van der Waals surface area contributed by atoms with Crippen molar-refractivity contribution in [2.75, 3.05) is 24.6 Å². The van der Waals surface area contributed by atoms with Crippen molar-refractivity contribution in [1.82, 2.24) is 5.32 Å². The Morgan fingerprint density at radius 1 is 1.00 bits per heavy atom. The zero-order valence-electron chi connectivity index (χ0n) is 14.5. The number of amides is 2. The second-order valence-corrected chi connectivity index (χ2v) is 6.75. The van der Waals surface area contributed by atoms with Crippen molar-refractivity contribution in [3.8, 4) is 5.75 Å². The molecule has 0 unspecified atom stereocenters. The van der Waals surface area contributed by atoms with Gasteiger partial charge in [0.05, 0.1) is 6.54 Å². The molecule has 1 heterocycles. The van der Waals surface area contributed by atoms with Crippen LogP contribution in [0.3, 0.4) is 0 Å². The number of nitrogens with one attached hydrogen (secondary N) is 1. The number of benzene rings is 2. The summed E-state index contributed by atoms with van der Waals surface area (Å²) in [5, 5.41) is 2.96. The summed E-state index contributed by atoms with van der Waals surface area (Å²) in [6, 6.07) is 14.4. The van der Waals surface area contributed by atoms with Crippen LogP contribution in [-0.4, -0.2) is 25.7 Å². The van der Waals surface area contributed by atoms with Crippen molar-refractivity contribution < 1.29 is 9.53 Å². The van der Waals surface area contributed by atoms with Gasteiger partial charge in [0.25, 0.3) is 0 Å². The highest BCUT2D eigenvalue weighted by molar-refractivity contribution is 5.94. The number of ether oxygens (including phenoxy) is 1. The zero-order valence-corrected chi connectivity index (χ0v) is 14.5. The van der Waals surface area contributed by atoms with Gasteiger partial charge in [-0.2, -0.15) is 0 Å². The molecule has 1 aliphatic carbocycles. The lowest BCUT2D eigenvalue weighted by Crippen LogP contribution is -2.40. The summed E-state index contributed by atoms with van der Waals surface area (Å²) >= 11 is 0. The number of nitrogens with zero attached hydrogens (tertiary/aromatic N) is 1. The van der Waals surface area contributed by atoms with Crippen LogP contribution in [0.5, 0.6) is 5.75 Å². The lowest BCUT2D eigenvalue weighted by Gasteiger charge is -2.19. The molecule has 0 aromatic heterocycles. The van der Waals surface area contributed by atoms with E-state index in [4.69, 9.17) is 4.74 Å². The van der Waals surface area contributed by atoms with Crippen LogP contribution in [0, 0.1) is 0 Å². The van der Waals surface area contributed by atoms with Crippen LogP contribution in [0.15, 0.2) is 42.5 Å². The number of carbonyl (C=O) groups is 1. The van der Waals surface area contributed by atoms with E-state index in [1.54, 1.807) is 0 Å². The molecule has 4 nitrogen and oxygen atoms in total. The van der Waals surface area contributed by atoms with E-state index in [0.29, 0.717) is 13.2 Å². The third kappa shape index (κ3) is 3.48. The van der Waals surface area contributed by atoms with Crippen molar-refractivity contribution in [1.29, 1.82) is 0 Å². The number of para-hydroxylation sites is 1. The molecule has 0 bridgehead atoms. The first-order chi connectivity index (χ1) is 12.3. The van der Waals surface area contributed by atoms with Gasteiger partial charge in [0, 0.05) is 12.2 Å². The monoisotopic (exact) mass is 336 g/mol. The molecule has 0 saturated carbocycles. The molecule has 0 radical (unpaired) electrons. The number of fused-ring (bicyclic) bond motifs is 2. The van der Waals surface area contributed by atoms with E-state index in [1.165, 1.54) is 36.0 Å². The zero-order chi connectivity index (χ0) is 17.1. The molecule has 0 spiro atoms. The maximum absolute atomic E-state index is 12.4. The molecule has 2 amide bonds. The summed E-state index contributed by atoms with van der Waals surface area (Å²) in [4.78, 5) is 14.2. The highest BCUT2D eigenvalue weighted by Crippen LogP contribution is 2.27. The molecule has 1 aliphatic heterocycles. The lowest BCUT2D eigenvalue weighted by molar-refractivity contribution is 0.242. The van der Waals surface area contributed by atoms with E-state index in [2.05, 4.69) is 23.5 Å². The van der Waals surface area contributed by atoms with E-state index in [9.17, 15) is 4.79 Å². The number of aryl methyl sites for hydroxylation is 2. The van der Waals surface area contributed by atoms with Gasteiger partial charge in [-0.3, -0.25) is 4.90 Å². The molecule has 2 aliphatic rings. The average molecular weight is 336 g/mol. The fourth-order valence-electron chi connectivity index (χ4n) is 3.77. The second kappa shape index (κ2) is 7.18. The minimum absolute atomic E-state index is 0.0426. The van der Waals surface area contributed by atoms with Crippen LogP contribution in [-0.2, 0) is 19.3 Å². The number of hydrogen-bond donors (Lipinski definition) is 1. The average Bonchev–Trinajstić information content (AvgIpc) is 3.09. The predicted octanol–water partition coefficient (Wildman–Crippen LogP) is 3.72. The predicted molar refractivity (Wildman–Crippen MR) is 99.5 cm³/mol. The van der Waals surface area contributed by atoms with Gasteiger partial charge in [0.2, 0.25) is 0 Å². The minimum Gasteiger partial charge on any atom is -0.492 e. The van der Waals surface area contributed by atoms with Gasteiger partial charge in [0.15, 0.2) is 0 Å². The molecular weight excluding hydrogens is 312 g/mol. The fourth-order valence-corrected chi connectivity index (χ4v) is 3.77. The van der Waals surface area contributed by atoms with Gasteiger partial charge in [-0.15, -0.1) is 0 Å². The Hall–Kier alpha value is -2.49. The number of anilines is 1. The Morgan fingerprint density at radius 3 is 2.76 bits per heavy atom. The lowest BCUT2D eigenvalue weighted by atomic mass is 9.92. The van der Waals surface area contributed by atoms with E-state index in [1.807, 2.05) is 29.2 Å². The van der Waals surface area contributed by atoms with Crippen molar-refractivity contribution in [2.45, 2.75) is 32.1 Å². The number of urea groups is 1. The van der Waals surface area contributed by atoms with Gasteiger partial charge in [-0.05, 0) is 67.0 Å². The van der Waals surface area contributed by atoms with Crippen LogP contribution >= 0.6 is 0 Å². The fraction of sp³-hybridized carbons (Fsp3) is 0.381. The summed E-state index contributed by atoms with van der Waals surface area (Å²) in [7, 11) is 0. The number of carbonyl (C=O) groups excluding carboxylic acids is 1. The first-order valence-corrected chi connectivity index (χ1v) is 9.19. The highest BCUT2D eigenvalue weighted by atomic mass is 16.5. The van der Waals surface area contributed by atoms with Gasteiger partial charge in [-0.1, -0.05) is 24.3 Å². The molecule has 130 valence electrons. The molecule has 0 saturated heterocycles. The van der Waals surface area contributed by atoms with E-state index < -0.39 is 0 Å². The molecule has 2 aromatic carbocycles. The molecule has 1 N–H and O–H groups in total. The summed E-state index contributed by atoms with van der Waals surface area (Å²) in [5.74, 6) is 0.904. The van der Waals surface area contributed by atoms with Gasteiger partial charge >= 0.3 is 6.03 Å². The summed E-state index contributed by atoms with van der Waals surface area (Å²) < 4.78 is 5.82. The smallest absolute Gasteiger partial charge is 0.322 e. The third-order valence-corrected chi connectivity index (χ3v) is 5.10. The molecule has 0 atom stereocenters. The topological polar surface area (TPSA) is 41.6 Å². The molecule has 2 aromatic rings. The van der Waals surface area contributed by atoms with Crippen molar-refractivity contribution >= 4 is 11.7 Å². The number of hydrogen-bond acceptors (Lipinski definition) is 2. The Labute approximate surface area is 148 Å². The van der Waals surface area contributed by atoms with E-state index in [-0.39, 0.29) is 6.03 Å². The van der Waals surface area contributed by atoms with E-state index >= 15 is 0 Å². The Bertz CT molecular complexity index is 772. The first kappa shape index (κ1) is 16.0. The van der Waals surface area contributed by atoms with Gasteiger partial charge < -0.3 is 10.1 Å². The first-order valence-electron chi connectivity index (χ1n) is 9.19. The van der Waals surface area contributed by atoms with Gasteiger partial charge in [0.1, 0.15) is 12.4 Å². The Kier molecular flexibility index (Phi) is 4.59. The Balaban J connectivity index is 1.27. The van der Waals surface area contributed by atoms with Crippen LogP contribution < -0.4 is 15.0 Å². The summed E-state index contributed by atoms with van der Waals surface area (Å²) in [5.41, 5.74) is 5.14. The molecule has 4 rings (SSSR count). The van der Waals surface area contributed by atoms with Crippen molar-refractivity contribution in [3.05, 3.63) is 59.2 Å². The van der Waals surface area contributed by atoms with Crippen molar-refractivity contribution in [3.63, 3.8) is 0 Å². The minimum atomic E-state index is -0.0426. The van der Waals surface area contributed by atoms with Crippen LogP contribution in [0.1, 0.15) is 29.5 Å². The Morgan fingerprint density at radius 2 is 1.84 bits per heavy atom. The van der Waals surface area contributed by atoms with Crippen LogP contribution in [0.25, 0.3) is 0 Å². The molecule has 0 fully saturated rings. The highest BCUT2D eigenvalue weighted by Gasteiger charge is 2.23. The third-order valence-electron chi connectivity index (χ3n) is 5.10. The molecule has 4 heteroatoms.